The fraction of sp³-hybridized carbons (Fsp3) is 0.556. The number of hydrogen-bond acceptors (Lipinski definition) is 3. The average molecular weight is 317 g/mol. The first-order valence-corrected chi connectivity index (χ1v) is 8.47. The predicted molar refractivity (Wildman–Crippen MR) is 92.2 cm³/mol. The van der Waals surface area contributed by atoms with Gasteiger partial charge in [-0.15, -0.1) is 0 Å². The van der Waals surface area contributed by atoms with Gasteiger partial charge >= 0.3 is 0 Å². The van der Waals surface area contributed by atoms with Gasteiger partial charge in [-0.25, -0.2) is 0 Å². The Morgan fingerprint density at radius 1 is 1.17 bits per heavy atom. The molecule has 1 saturated heterocycles. The number of anilines is 1. The first-order chi connectivity index (χ1) is 11.0. The maximum atomic E-state index is 12.4. The highest BCUT2D eigenvalue weighted by Crippen LogP contribution is 2.23. The smallest absolute Gasteiger partial charge is 0.238 e. The highest BCUT2D eigenvalue weighted by Gasteiger charge is 2.24. The van der Waals surface area contributed by atoms with Crippen molar-refractivity contribution < 1.29 is 9.59 Å². The van der Waals surface area contributed by atoms with Gasteiger partial charge in [-0.1, -0.05) is 32.0 Å². The SMILES string of the molecule is CCc1cccc(CC)c1NC(=O)CN1CCC(C(N)=O)CC1. The highest BCUT2D eigenvalue weighted by atomic mass is 16.2. The summed E-state index contributed by atoms with van der Waals surface area (Å²) in [6.45, 7) is 6.05. The van der Waals surface area contributed by atoms with Crippen LogP contribution in [0, 0.1) is 5.92 Å². The molecule has 0 atom stereocenters. The molecular weight excluding hydrogens is 290 g/mol. The Kier molecular flexibility index (Phi) is 6.16. The summed E-state index contributed by atoms with van der Waals surface area (Å²) in [5.41, 5.74) is 8.65. The number of para-hydroxylation sites is 1. The molecule has 1 aliphatic heterocycles. The van der Waals surface area contributed by atoms with E-state index in [1.54, 1.807) is 0 Å². The van der Waals surface area contributed by atoms with Crippen LogP contribution in [0.15, 0.2) is 18.2 Å². The molecule has 3 N–H and O–H groups in total. The minimum atomic E-state index is -0.224. The third kappa shape index (κ3) is 4.55. The number of nitrogens with two attached hydrogens (primary N) is 1. The van der Waals surface area contributed by atoms with Crippen molar-refractivity contribution in [3.8, 4) is 0 Å². The van der Waals surface area contributed by atoms with E-state index < -0.39 is 0 Å². The van der Waals surface area contributed by atoms with E-state index in [4.69, 9.17) is 5.73 Å². The molecule has 0 aromatic heterocycles. The first-order valence-electron chi connectivity index (χ1n) is 8.47. The zero-order chi connectivity index (χ0) is 16.8. The van der Waals surface area contributed by atoms with Gasteiger partial charge in [0.05, 0.1) is 6.54 Å². The normalized spacial score (nSPS) is 16.3. The van der Waals surface area contributed by atoms with E-state index in [2.05, 4.69) is 36.2 Å². The number of nitrogens with zero attached hydrogens (tertiary/aromatic N) is 1. The monoisotopic (exact) mass is 317 g/mol. The van der Waals surface area contributed by atoms with Crippen LogP contribution in [0.25, 0.3) is 0 Å². The molecular formula is C18H27N3O2. The second kappa shape index (κ2) is 8.11. The van der Waals surface area contributed by atoms with Gasteiger partial charge in [0.15, 0.2) is 0 Å². The number of benzene rings is 1. The van der Waals surface area contributed by atoms with Crippen molar-refractivity contribution in [1.82, 2.24) is 4.90 Å². The Morgan fingerprint density at radius 3 is 2.22 bits per heavy atom. The number of carbonyl (C=O) groups is 2. The number of hydrogen-bond donors (Lipinski definition) is 2. The summed E-state index contributed by atoms with van der Waals surface area (Å²) in [6, 6.07) is 6.17. The molecule has 1 fully saturated rings. The summed E-state index contributed by atoms with van der Waals surface area (Å²) in [5, 5.41) is 3.09. The lowest BCUT2D eigenvalue weighted by molar-refractivity contribution is -0.123. The molecule has 23 heavy (non-hydrogen) atoms. The van der Waals surface area contributed by atoms with Crippen LogP contribution in [0.3, 0.4) is 0 Å². The van der Waals surface area contributed by atoms with Crippen molar-refractivity contribution in [3.63, 3.8) is 0 Å². The van der Waals surface area contributed by atoms with E-state index in [9.17, 15) is 9.59 Å². The molecule has 1 heterocycles. The second-order valence-electron chi connectivity index (χ2n) is 6.16. The number of amides is 2. The molecule has 2 rings (SSSR count). The lowest BCUT2D eigenvalue weighted by Crippen LogP contribution is -2.42. The van der Waals surface area contributed by atoms with E-state index >= 15 is 0 Å². The van der Waals surface area contributed by atoms with Crippen molar-refractivity contribution in [2.75, 3.05) is 25.0 Å². The predicted octanol–water partition coefficient (Wildman–Crippen LogP) is 1.95. The molecule has 0 radical (unpaired) electrons. The molecule has 5 heteroatoms. The molecule has 0 saturated carbocycles. The van der Waals surface area contributed by atoms with Crippen LogP contribution in [0.5, 0.6) is 0 Å². The minimum Gasteiger partial charge on any atom is -0.369 e. The lowest BCUT2D eigenvalue weighted by Gasteiger charge is -2.30. The number of rotatable bonds is 6. The van der Waals surface area contributed by atoms with E-state index in [0.29, 0.717) is 6.54 Å². The second-order valence-corrected chi connectivity index (χ2v) is 6.16. The molecule has 126 valence electrons. The number of nitrogens with one attached hydrogen (secondary N) is 1. The van der Waals surface area contributed by atoms with Gasteiger partial charge in [0.25, 0.3) is 0 Å². The Bertz CT molecular complexity index is 541. The van der Waals surface area contributed by atoms with E-state index in [1.807, 2.05) is 6.07 Å². The summed E-state index contributed by atoms with van der Waals surface area (Å²) in [6.07, 6.45) is 3.28. The van der Waals surface area contributed by atoms with Crippen LogP contribution in [-0.2, 0) is 22.4 Å². The third-order valence-corrected chi connectivity index (χ3v) is 4.62. The Balaban J connectivity index is 1.94. The van der Waals surface area contributed by atoms with Gasteiger partial charge in [-0.2, -0.15) is 0 Å². The van der Waals surface area contributed by atoms with Gasteiger partial charge < -0.3 is 11.1 Å². The molecule has 1 aromatic carbocycles. The highest BCUT2D eigenvalue weighted by molar-refractivity contribution is 5.93. The van der Waals surface area contributed by atoms with Crippen molar-refractivity contribution >= 4 is 17.5 Å². The lowest BCUT2D eigenvalue weighted by atomic mass is 9.96. The van der Waals surface area contributed by atoms with Gasteiger partial charge in [-0.3, -0.25) is 14.5 Å². The van der Waals surface area contributed by atoms with Crippen LogP contribution < -0.4 is 11.1 Å². The van der Waals surface area contributed by atoms with Crippen molar-refractivity contribution in [1.29, 1.82) is 0 Å². The number of primary amides is 1. The third-order valence-electron chi connectivity index (χ3n) is 4.62. The molecule has 1 aliphatic rings. The van der Waals surface area contributed by atoms with Crippen LogP contribution in [-0.4, -0.2) is 36.3 Å². The molecule has 0 unspecified atom stereocenters. The van der Waals surface area contributed by atoms with Gasteiger partial charge in [0.2, 0.25) is 11.8 Å². The first kappa shape index (κ1) is 17.5. The van der Waals surface area contributed by atoms with E-state index in [0.717, 1.165) is 44.5 Å². The number of carbonyl (C=O) groups excluding carboxylic acids is 2. The minimum absolute atomic E-state index is 0.0122. The van der Waals surface area contributed by atoms with Crippen molar-refractivity contribution in [2.24, 2.45) is 11.7 Å². The zero-order valence-corrected chi connectivity index (χ0v) is 14.1. The summed E-state index contributed by atoms with van der Waals surface area (Å²) >= 11 is 0. The number of likely N-dealkylation sites (tertiary alicyclic amines) is 1. The van der Waals surface area contributed by atoms with E-state index in [-0.39, 0.29) is 17.7 Å². The molecule has 2 amide bonds. The maximum Gasteiger partial charge on any atom is 0.238 e. The number of aryl methyl sites for hydroxylation is 2. The molecule has 0 aliphatic carbocycles. The van der Waals surface area contributed by atoms with Gasteiger partial charge in [0, 0.05) is 11.6 Å². The van der Waals surface area contributed by atoms with Crippen LogP contribution in [0.1, 0.15) is 37.8 Å². The van der Waals surface area contributed by atoms with Crippen molar-refractivity contribution in [3.05, 3.63) is 29.3 Å². The maximum absolute atomic E-state index is 12.4. The quantitative estimate of drug-likeness (QED) is 0.842. The Labute approximate surface area is 138 Å². The molecule has 0 spiro atoms. The summed E-state index contributed by atoms with van der Waals surface area (Å²) < 4.78 is 0. The van der Waals surface area contributed by atoms with Gasteiger partial charge in [0.1, 0.15) is 0 Å². The summed E-state index contributed by atoms with van der Waals surface area (Å²) in [4.78, 5) is 25.7. The fourth-order valence-corrected chi connectivity index (χ4v) is 3.16. The number of piperidine rings is 1. The Morgan fingerprint density at radius 2 is 1.74 bits per heavy atom. The summed E-state index contributed by atoms with van der Waals surface area (Å²) in [5.74, 6) is -0.251. The fourth-order valence-electron chi connectivity index (χ4n) is 3.16. The Hall–Kier alpha value is -1.88. The van der Waals surface area contributed by atoms with Crippen LogP contribution in [0.4, 0.5) is 5.69 Å². The van der Waals surface area contributed by atoms with Crippen molar-refractivity contribution in [2.45, 2.75) is 39.5 Å². The standard InChI is InChI=1S/C18H27N3O2/c1-3-13-6-5-7-14(4-2)17(13)20-16(22)12-21-10-8-15(9-11-21)18(19)23/h5-7,15H,3-4,8-12H2,1-2H3,(H2,19,23)(H,20,22). The topological polar surface area (TPSA) is 75.4 Å². The van der Waals surface area contributed by atoms with Gasteiger partial charge in [-0.05, 0) is 49.9 Å². The average Bonchev–Trinajstić information content (AvgIpc) is 2.55. The molecule has 0 bridgehead atoms. The van der Waals surface area contributed by atoms with Crippen LogP contribution >= 0.6 is 0 Å². The summed E-state index contributed by atoms with van der Waals surface area (Å²) in [7, 11) is 0. The van der Waals surface area contributed by atoms with E-state index in [1.165, 1.54) is 11.1 Å². The molecule has 1 aromatic rings. The molecule has 5 nitrogen and oxygen atoms in total. The largest absolute Gasteiger partial charge is 0.369 e. The van der Waals surface area contributed by atoms with Crippen LogP contribution in [0.2, 0.25) is 0 Å². The zero-order valence-electron chi connectivity index (χ0n) is 14.1.